The summed E-state index contributed by atoms with van der Waals surface area (Å²) in [7, 11) is 1.72. The van der Waals surface area contributed by atoms with E-state index >= 15 is 0 Å². The normalized spacial score (nSPS) is 15.0. The van der Waals surface area contributed by atoms with Crippen LogP contribution in [0.15, 0.2) is 4.99 Å². The van der Waals surface area contributed by atoms with Gasteiger partial charge in [-0.3, -0.25) is 4.99 Å². The monoisotopic (exact) mass is 229 g/mol. The number of hydrogen-bond acceptors (Lipinski definition) is 2. The molecule has 0 aliphatic carbocycles. The molecule has 0 radical (unpaired) electrons. The SMILES string of the molecule is CCN(CC)C(N)=NCC(OC)C(C)(C)C. The van der Waals surface area contributed by atoms with E-state index < -0.39 is 0 Å². The highest BCUT2D eigenvalue weighted by Crippen LogP contribution is 2.21. The molecule has 0 heterocycles. The van der Waals surface area contributed by atoms with Gasteiger partial charge in [0.25, 0.3) is 0 Å². The number of aliphatic imine (C=N–C) groups is 1. The topological polar surface area (TPSA) is 50.8 Å². The molecule has 0 aromatic heterocycles. The second-order valence-corrected chi connectivity index (χ2v) is 4.96. The van der Waals surface area contributed by atoms with Crippen molar-refractivity contribution in [2.45, 2.75) is 40.7 Å². The Kier molecular flexibility index (Phi) is 6.41. The molecule has 0 bridgehead atoms. The van der Waals surface area contributed by atoms with Gasteiger partial charge in [0.1, 0.15) is 0 Å². The minimum Gasteiger partial charge on any atom is -0.379 e. The van der Waals surface area contributed by atoms with Gasteiger partial charge in [0.05, 0.1) is 12.6 Å². The summed E-state index contributed by atoms with van der Waals surface area (Å²) in [5, 5.41) is 0. The average Bonchev–Trinajstić information content (AvgIpc) is 2.18. The number of nitrogens with zero attached hydrogens (tertiary/aromatic N) is 2. The lowest BCUT2D eigenvalue weighted by Crippen LogP contribution is -2.39. The van der Waals surface area contributed by atoms with Crippen molar-refractivity contribution >= 4 is 5.96 Å². The summed E-state index contributed by atoms with van der Waals surface area (Å²) in [5.74, 6) is 0.608. The van der Waals surface area contributed by atoms with E-state index in [1.165, 1.54) is 0 Å². The van der Waals surface area contributed by atoms with Crippen LogP contribution in [0, 0.1) is 5.41 Å². The van der Waals surface area contributed by atoms with Gasteiger partial charge in [-0.1, -0.05) is 20.8 Å². The zero-order valence-corrected chi connectivity index (χ0v) is 11.6. The zero-order chi connectivity index (χ0) is 12.8. The van der Waals surface area contributed by atoms with Gasteiger partial charge >= 0.3 is 0 Å². The van der Waals surface area contributed by atoms with Crippen molar-refractivity contribution in [2.24, 2.45) is 16.1 Å². The first-order chi connectivity index (χ1) is 7.36. The lowest BCUT2D eigenvalue weighted by atomic mass is 9.89. The van der Waals surface area contributed by atoms with Crippen molar-refractivity contribution in [3.8, 4) is 0 Å². The Bertz CT molecular complexity index is 217. The third kappa shape index (κ3) is 4.84. The van der Waals surface area contributed by atoms with Crippen LogP contribution < -0.4 is 5.73 Å². The predicted octanol–water partition coefficient (Wildman–Crippen LogP) is 1.70. The molecule has 2 N–H and O–H groups in total. The molecule has 0 saturated heterocycles. The lowest BCUT2D eigenvalue weighted by molar-refractivity contribution is 0.0240. The van der Waals surface area contributed by atoms with E-state index in [-0.39, 0.29) is 11.5 Å². The summed E-state index contributed by atoms with van der Waals surface area (Å²) in [5.41, 5.74) is 5.99. The van der Waals surface area contributed by atoms with E-state index in [2.05, 4.69) is 39.6 Å². The summed E-state index contributed by atoms with van der Waals surface area (Å²) < 4.78 is 5.43. The van der Waals surface area contributed by atoms with E-state index in [1.54, 1.807) is 7.11 Å². The van der Waals surface area contributed by atoms with E-state index in [9.17, 15) is 0 Å². The van der Waals surface area contributed by atoms with Gasteiger partial charge in [0.2, 0.25) is 0 Å². The fourth-order valence-electron chi connectivity index (χ4n) is 1.53. The molecule has 0 saturated carbocycles. The van der Waals surface area contributed by atoms with Gasteiger partial charge in [-0.25, -0.2) is 0 Å². The summed E-state index contributed by atoms with van der Waals surface area (Å²) >= 11 is 0. The Labute approximate surface area is 99.9 Å². The highest BCUT2D eigenvalue weighted by Gasteiger charge is 2.24. The molecule has 0 aromatic carbocycles. The van der Waals surface area contributed by atoms with E-state index in [0.29, 0.717) is 12.5 Å². The van der Waals surface area contributed by atoms with Gasteiger partial charge < -0.3 is 15.4 Å². The Morgan fingerprint density at radius 3 is 2.12 bits per heavy atom. The average molecular weight is 229 g/mol. The molecule has 0 rings (SSSR count). The van der Waals surface area contributed by atoms with Crippen molar-refractivity contribution in [1.29, 1.82) is 0 Å². The standard InChI is InChI=1S/C12H27N3O/c1-7-15(8-2)11(13)14-9-10(16-6)12(3,4)5/h10H,7-9H2,1-6H3,(H2,13,14). The number of rotatable bonds is 5. The van der Waals surface area contributed by atoms with Crippen molar-refractivity contribution in [3.63, 3.8) is 0 Å². The number of nitrogens with two attached hydrogens (primary N) is 1. The molecular formula is C12H27N3O. The van der Waals surface area contributed by atoms with E-state index in [0.717, 1.165) is 13.1 Å². The fourth-order valence-corrected chi connectivity index (χ4v) is 1.53. The van der Waals surface area contributed by atoms with E-state index in [1.807, 2.05) is 4.90 Å². The molecule has 16 heavy (non-hydrogen) atoms. The van der Waals surface area contributed by atoms with E-state index in [4.69, 9.17) is 10.5 Å². The molecular weight excluding hydrogens is 202 g/mol. The zero-order valence-electron chi connectivity index (χ0n) is 11.6. The van der Waals surface area contributed by atoms with Crippen LogP contribution in [-0.4, -0.2) is 43.7 Å². The van der Waals surface area contributed by atoms with Crippen LogP contribution in [0.5, 0.6) is 0 Å². The van der Waals surface area contributed by atoms with Gasteiger partial charge in [-0.15, -0.1) is 0 Å². The summed E-state index contributed by atoms with van der Waals surface area (Å²) in [6, 6.07) is 0. The van der Waals surface area contributed by atoms with Crippen molar-refractivity contribution in [2.75, 3.05) is 26.7 Å². The van der Waals surface area contributed by atoms with Crippen LogP contribution in [0.2, 0.25) is 0 Å². The third-order valence-corrected chi connectivity index (χ3v) is 2.76. The maximum Gasteiger partial charge on any atom is 0.191 e. The fraction of sp³-hybridized carbons (Fsp3) is 0.917. The molecule has 0 aromatic rings. The van der Waals surface area contributed by atoms with Crippen LogP contribution in [0.1, 0.15) is 34.6 Å². The van der Waals surface area contributed by atoms with Crippen molar-refractivity contribution in [1.82, 2.24) is 4.90 Å². The molecule has 0 amide bonds. The molecule has 0 aliphatic rings. The Balaban J connectivity index is 4.44. The molecule has 0 aliphatic heterocycles. The second-order valence-electron chi connectivity index (χ2n) is 4.96. The number of methoxy groups -OCH3 is 1. The van der Waals surface area contributed by atoms with Gasteiger partial charge in [0.15, 0.2) is 5.96 Å². The van der Waals surface area contributed by atoms with Crippen LogP contribution in [0.3, 0.4) is 0 Å². The first-order valence-electron chi connectivity index (χ1n) is 5.94. The summed E-state index contributed by atoms with van der Waals surface area (Å²) in [6.45, 7) is 13.0. The van der Waals surface area contributed by atoms with Gasteiger partial charge in [0, 0.05) is 20.2 Å². The molecule has 96 valence electrons. The molecule has 0 spiro atoms. The second kappa shape index (κ2) is 6.74. The Morgan fingerprint density at radius 1 is 1.31 bits per heavy atom. The van der Waals surface area contributed by atoms with Crippen molar-refractivity contribution < 1.29 is 4.74 Å². The highest BCUT2D eigenvalue weighted by atomic mass is 16.5. The molecule has 1 unspecified atom stereocenters. The van der Waals surface area contributed by atoms with Crippen LogP contribution in [0.25, 0.3) is 0 Å². The van der Waals surface area contributed by atoms with Gasteiger partial charge in [-0.2, -0.15) is 0 Å². The number of hydrogen-bond donors (Lipinski definition) is 1. The maximum atomic E-state index is 5.91. The predicted molar refractivity (Wildman–Crippen MR) is 69.7 cm³/mol. The minimum absolute atomic E-state index is 0.0851. The Hall–Kier alpha value is -0.770. The first-order valence-corrected chi connectivity index (χ1v) is 5.94. The quantitative estimate of drug-likeness (QED) is 0.576. The van der Waals surface area contributed by atoms with Crippen molar-refractivity contribution in [3.05, 3.63) is 0 Å². The molecule has 4 nitrogen and oxygen atoms in total. The minimum atomic E-state index is 0.0851. The smallest absolute Gasteiger partial charge is 0.191 e. The van der Waals surface area contributed by atoms with Crippen LogP contribution >= 0.6 is 0 Å². The largest absolute Gasteiger partial charge is 0.379 e. The molecule has 0 fully saturated rings. The third-order valence-electron chi connectivity index (χ3n) is 2.76. The lowest BCUT2D eigenvalue weighted by Gasteiger charge is -2.28. The molecule has 4 heteroatoms. The van der Waals surface area contributed by atoms with Crippen LogP contribution in [0.4, 0.5) is 0 Å². The highest BCUT2D eigenvalue weighted by molar-refractivity contribution is 5.78. The number of guanidine groups is 1. The molecule has 1 atom stereocenters. The summed E-state index contributed by atoms with van der Waals surface area (Å²) in [6.07, 6.45) is 0.0987. The number of ether oxygens (including phenoxy) is 1. The summed E-state index contributed by atoms with van der Waals surface area (Å²) in [4.78, 5) is 6.44. The van der Waals surface area contributed by atoms with Crippen LogP contribution in [-0.2, 0) is 4.74 Å². The maximum absolute atomic E-state index is 5.91. The first kappa shape index (κ1) is 15.2. The van der Waals surface area contributed by atoms with Gasteiger partial charge in [-0.05, 0) is 19.3 Å². The Morgan fingerprint density at radius 2 is 1.81 bits per heavy atom.